The Morgan fingerprint density at radius 3 is 2.05 bits per heavy atom. The number of benzene rings is 2. The van der Waals surface area contributed by atoms with E-state index in [-0.39, 0.29) is 31.3 Å². The lowest BCUT2D eigenvalue weighted by molar-refractivity contribution is -0.146. The molecule has 0 spiro atoms. The summed E-state index contributed by atoms with van der Waals surface area (Å²) in [5, 5.41) is 10.7. The molecule has 4 N–H and O–H groups in total. The minimum atomic E-state index is -1.09. The van der Waals surface area contributed by atoms with Gasteiger partial charge in [0.15, 0.2) is 0 Å². The maximum Gasteiger partial charge on any atom is 0.408 e. The van der Waals surface area contributed by atoms with Crippen molar-refractivity contribution < 1.29 is 33.4 Å². The van der Waals surface area contributed by atoms with Crippen molar-refractivity contribution in [2.75, 3.05) is 13.7 Å². The molecule has 0 aliphatic carbocycles. The largest absolute Gasteiger partial charge is 0.467 e. The van der Waals surface area contributed by atoms with Crippen molar-refractivity contribution in [2.45, 2.75) is 57.8 Å². The molecule has 2 aromatic rings. The van der Waals surface area contributed by atoms with Gasteiger partial charge in [-0.3, -0.25) is 14.4 Å². The van der Waals surface area contributed by atoms with Gasteiger partial charge in [-0.15, -0.1) is 0 Å². The molecule has 1 saturated heterocycles. The molecule has 1 aliphatic rings. The van der Waals surface area contributed by atoms with E-state index in [1.807, 2.05) is 60.7 Å². The van der Waals surface area contributed by atoms with Crippen molar-refractivity contribution in [1.29, 1.82) is 0 Å². The quantitative estimate of drug-likeness (QED) is 0.270. The van der Waals surface area contributed by atoms with Crippen molar-refractivity contribution in [1.82, 2.24) is 21.3 Å². The highest BCUT2D eigenvalue weighted by atomic mass is 16.5. The molecule has 0 aromatic heterocycles. The van der Waals surface area contributed by atoms with Crippen LogP contribution < -0.4 is 21.3 Å². The van der Waals surface area contributed by atoms with E-state index in [1.165, 1.54) is 7.11 Å². The highest BCUT2D eigenvalue weighted by molar-refractivity contribution is 5.93. The molecule has 1 heterocycles. The second-order valence-electron chi connectivity index (χ2n) is 10.3. The standard InChI is InChI=1S/C30H38N4O7/c1-19(2)25(34-30(39)41-18-21-12-8-5-9-13-21)28(37)32-23(16-20-10-6-4-7-11-20)27(36)33-24(29(38)40-3)17-22-14-15-31-26(22)35/h4-13,19,22-25H,14-18H2,1-3H3,(H,31,35)(H,32,37)(H,33,36)(H,34,39)/t22-,23-,24-,25-/m0/s1. The van der Waals surface area contributed by atoms with Gasteiger partial charge in [0.1, 0.15) is 24.7 Å². The summed E-state index contributed by atoms with van der Waals surface area (Å²) in [5.41, 5.74) is 1.57. The maximum atomic E-state index is 13.5. The average molecular weight is 567 g/mol. The zero-order valence-corrected chi connectivity index (χ0v) is 23.6. The lowest BCUT2D eigenvalue weighted by Crippen LogP contribution is -2.57. The predicted molar refractivity (Wildman–Crippen MR) is 150 cm³/mol. The highest BCUT2D eigenvalue weighted by Gasteiger charge is 2.35. The first-order chi connectivity index (χ1) is 19.7. The maximum absolute atomic E-state index is 13.5. The van der Waals surface area contributed by atoms with E-state index in [2.05, 4.69) is 21.3 Å². The second-order valence-corrected chi connectivity index (χ2v) is 10.3. The molecule has 0 unspecified atom stereocenters. The molecular formula is C30H38N4O7. The van der Waals surface area contributed by atoms with Crippen molar-refractivity contribution in [3.63, 3.8) is 0 Å². The predicted octanol–water partition coefficient (Wildman–Crippen LogP) is 1.85. The van der Waals surface area contributed by atoms with Gasteiger partial charge in [-0.05, 0) is 29.9 Å². The van der Waals surface area contributed by atoms with Crippen molar-refractivity contribution in [2.24, 2.45) is 11.8 Å². The summed E-state index contributed by atoms with van der Waals surface area (Å²) in [6, 6.07) is 15.0. The van der Waals surface area contributed by atoms with E-state index in [0.29, 0.717) is 13.0 Å². The van der Waals surface area contributed by atoms with Gasteiger partial charge in [0, 0.05) is 18.9 Å². The summed E-state index contributed by atoms with van der Waals surface area (Å²) in [4.78, 5) is 64.0. The normalized spacial score (nSPS) is 16.6. The number of carbonyl (C=O) groups excluding carboxylic acids is 5. The zero-order valence-electron chi connectivity index (χ0n) is 23.6. The van der Waals surface area contributed by atoms with Gasteiger partial charge in [0.2, 0.25) is 17.7 Å². The van der Waals surface area contributed by atoms with Crippen LogP contribution in [0.25, 0.3) is 0 Å². The average Bonchev–Trinajstić information content (AvgIpc) is 3.38. The molecular weight excluding hydrogens is 528 g/mol. The smallest absolute Gasteiger partial charge is 0.408 e. The van der Waals surface area contributed by atoms with E-state index in [1.54, 1.807) is 13.8 Å². The van der Waals surface area contributed by atoms with E-state index in [9.17, 15) is 24.0 Å². The lowest BCUT2D eigenvalue weighted by atomic mass is 9.97. The van der Waals surface area contributed by atoms with Gasteiger partial charge in [0.25, 0.3) is 0 Å². The van der Waals surface area contributed by atoms with Crippen LogP contribution in [-0.4, -0.2) is 61.6 Å². The summed E-state index contributed by atoms with van der Waals surface area (Å²) in [6.07, 6.45) is -0.0411. The molecule has 11 heteroatoms. The molecule has 0 radical (unpaired) electrons. The third-order valence-electron chi connectivity index (χ3n) is 6.84. The highest BCUT2D eigenvalue weighted by Crippen LogP contribution is 2.17. The van der Waals surface area contributed by atoms with Crippen LogP contribution in [0.5, 0.6) is 0 Å². The number of nitrogens with one attached hydrogen (secondary N) is 4. The third-order valence-corrected chi connectivity index (χ3v) is 6.84. The van der Waals surface area contributed by atoms with Gasteiger partial charge in [-0.25, -0.2) is 9.59 Å². The molecule has 11 nitrogen and oxygen atoms in total. The Morgan fingerprint density at radius 2 is 1.49 bits per heavy atom. The first kappa shape index (κ1) is 31.1. The fourth-order valence-electron chi connectivity index (χ4n) is 4.53. The van der Waals surface area contributed by atoms with Gasteiger partial charge in [-0.1, -0.05) is 74.5 Å². The number of hydrogen-bond acceptors (Lipinski definition) is 7. The van der Waals surface area contributed by atoms with Crippen LogP contribution in [-0.2, 0) is 41.7 Å². The van der Waals surface area contributed by atoms with Crippen LogP contribution >= 0.6 is 0 Å². The molecule has 41 heavy (non-hydrogen) atoms. The Hall–Kier alpha value is -4.41. The summed E-state index contributed by atoms with van der Waals surface area (Å²) in [7, 11) is 1.20. The van der Waals surface area contributed by atoms with Crippen molar-refractivity contribution in [3.05, 3.63) is 71.8 Å². The summed E-state index contributed by atoms with van der Waals surface area (Å²) in [5.74, 6) is -2.86. The number of ether oxygens (including phenoxy) is 2. The molecule has 4 amide bonds. The fourth-order valence-corrected chi connectivity index (χ4v) is 4.53. The number of amides is 4. The number of esters is 1. The molecule has 2 aromatic carbocycles. The number of carbonyl (C=O) groups is 5. The Morgan fingerprint density at radius 1 is 0.878 bits per heavy atom. The molecule has 1 fully saturated rings. The number of methoxy groups -OCH3 is 1. The lowest BCUT2D eigenvalue weighted by Gasteiger charge is -2.26. The number of hydrogen-bond donors (Lipinski definition) is 4. The van der Waals surface area contributed by atoms with Crippen LogP contribution in [0.1, 0.15) is 37.8 Å². The summed E-state index contributed by atoms with van der Waals surface area (Å²) >= 11 is 0. The first-order valence-electron chi connectivity index (χ1n) is 13.6. The summed E-state index contributed by atoms with van der Waals surface area (Å²) < 4.78 is 10.1. The van der Waals surface area contributed by atoms with Crippen LogP contribution in [0.4, 0.5) is 4.79 Å². The molecule has 0 saturated carbocycles. The Bertz CT molecular complexity index is 1190. The molecule has 3 rings (SSSR count). The minimum Gasteiger partial charge on any atom is -0.467 e. The van der Waals surface area contributed by atoms with Crippen LogP contribution in [0, 0.1) is 11.8 Å². The topological polar surface area (TPSA) is 152 Å². The van der Waals surface area contributed by atoms with E-state index in [0.717, 1.165) is 11.1 Å². The van der Waals surface area contributed by atoms with E-state index >= 15 is 0 Å². The van der Waals surface area contributed by atoms with Crippen molar-refractivity contribution in [3.8, 4) is 0 Å². The van der Waals surface area contributed by atoms with Gasteiger partial charge >= 0.3 is 12.1 Å². The van der Waals surface area contributed by atoms with Gasteiger partial charge < -0.3 is 30.7 Å². The second kappa shape index (κ2) is 15.4. The van der Waals surface area contributed by atoms with Crippen molar-refractivity contribution >= 4 is 29.8 Å². The monoisotopic (exact) mass is 566 g/mol. The third kappa shape index (κ3) is 9.63. The van der Waals surface area contributed by atoms with Crippen LogP contribution in [0.3, 0.4) is 0 Å². The SMILES string of the molecule is COC(=O)[C@H](C[C@@H]1CCNC1=O)NC(=O)[C@H](Cc1ccccc1)NC(=O)[C@@H](NC(=O)OCc1ccccc1)C(C)C. The zero-order chi connectivity index (χ0) is 29.8. The van der Waals surface area contributed by atoms with E-state index in [4.69, 9.17) is 9.47 Å². The van der Waals surface area contributed by atoms with Crippen LogP contribution in [0.15, 0.2) is 60.7 Å². The fraction of sp³-hybridized carbons (Fsp3) is 0.433. The number of alkyl carbamates (subject to hydrolysis) is 1. The first-order valence-corrected chi connectivity index (χ1v) is 13.6. The Labute approximate surface area is 239 Å². The summed E-state index contributed by atoms with van der Waals surface area (Å²) in [6.45, 7) is 4.04. The molecule has 1 aliphatic heterocycles. The molecule has 0 bridgehead atoms. The van der Waals surface area contributed by atoms with Crippen LogP contribution in [0.2, 0.25) is 0 Å². The Kier molecular flexibility index (Phi) is 11.7. The molecule has 220 valence electrons. The molecule has 4 atom stereocenters. The Balaban J connectivity index is 1.72. The van der Waals surface area contributed by atoms with Gasteiger partial charge in [-0.2, -0.15) is 0 Å². The van der Waals surface area contributed by atoms with Gasteiger partial charge in [0.05, 0.1) is 7.11 Å². The number of rotatable bonds is 13. The van der Waals surface area contributed by atoms with E-state index < -0.39 is 47.9 Å². The minimum absolute atomic E-state index is 0.0338.